The lowest BCUT2D eigenvalue weighted by molar-refractivity contribution is 0.0522. The van der Waals surface area contributed by atoms with Gasteiger partial charge in [-0.1, -0.05) is 30.3 Å². The number of hydrogen-bond acceptors (Lipinski definition) is 9. The average molecular weight is 459 g/mol. The first-order chi connectivity index (χ1) is 16.7. The maximum atomic E-state index is 12.6. The van der Waals surface area contributed by atoms with E-state index in [4.69, 9.17) is 9.15 Å². The van der Waals surface area contributed by atoms with Crippen LogP contribution in [-0.4, -0.2) is 58.6 Å². The summed E-state index contributed by atoms with van der Waals surface area (Å²) in [4.78, 5) is 30.6. The minimum atomic E-state index is -0.422. The van der Waals surface area contributed by atoms with Gasteiger partial charge in [-0.15, -0.1) is 0 Å². The topological polar surface area (TPSA) is 96.6 Å². The number of esters is 1. The van der Waals surface area contributed by atoms with Crippen LogP contribution in [0.25, 0.3) is 11.1 Å². The van der Waals surface area contributed by atoms with Crippen molar-refractivity contribution in [3.8, 4) is 0 Å². The predicted octanol–water partition coefficient (Wildman–Crippen LogP) is 3.86. The van der Waals surface area contributed by atoms with Crippen LogP contribution in [0.1, 0.15) is 23.0 Å². The number of nitrogens with zero attached hydrogens (tertiary/aromatic N) is 5. The van der Waals surface area contributed by atoms with Crippen LogP contribution < -0.4 is 10.2 Å². The summed E-state index contributed by atoms with van der Waals surface area (Å²) in [7, 11) is 0. The second-order valence-electron chi connectivity index (χ2n) is 7.98. The number of rotatable bonds is 7. The van der Waals surface area contributed by atoms with Gasteiger partial charge >= 0.3 is 12.0 Å². The van der Waals surface area contributed by atoms with Gasteiger partial charge in [0.15, 0.2) is 5.58 Å². The summed E-state index contributed by atoms with van der Waals surface area (Å²) in [5.74, 6) is -0.105. The SMILES string of the molecule is CCOC(=O)c1cnc(Nc2nc3ccccc3o2)nc1CN1CCN(c2ccccc2)CC1. The molecule has 0 spiro atoms. The first-order valence-corrected chi connectivity index (χ1v) is 11.4. The average Bonchev–Trinajstić information content (AvgIpc) is 3.28. The molecule has 2 aromatic carbocycles. The molecule has 0 saturated carbocycles. The quantitative estimate of drug-likeness (QED) is 0.414. The lowest BCUT2D eigenvalue weighted by atomic mass is 10.2. The molecule has 0 atom stereocenters. The van der Waals surface area contributed by atoms with Gasteiger partial charge in [-0.3, -0.25) is 10.2 Å². The molecule has 34 heavy (non-hydrogen) atoms. The third-order valence-electron chi connectivity index (χ3n) is 5.74. The Bertz CT molecular complexity index is 1240. The molecule has 9 nitrogen and oxygen atoms in total. The van der Waals surface area contributed by atoms with Crippen molar-refractivity contribution in [2.45, 2.75) is 13.5 Å². The zero-order valence-electron chi connectivity index (χ0n) is 19.0. The summed E-state index contributed by atoms with van der Waals surface area (Å²) >= 11 is 0. The van der Waals surface area contributed by atoms with E-state index in [0.717, 1.165) is 31.7 Å². The zero-order chi connectivity index (χ0) is 23.3. The molecule has 1 aliphatic heterocycles. The van der Waals surface area contributed by atoms with Crippen LogP contribution in [0.4, 0.5) is 17.7 Å². The van der Waals surface area contributed by atoms with E-state index in [1.165, 1.54) is 11.9 Å². The number of para-hydroxylation sites is 3. The van der Waals surface area contributed by atoms with Crippen molar-refractivity contribution >= 4 is 34.7 Å². The van der Waals surface area contributed by atoms with Crippen molar-refractivity contribution in [2.24, 2.45) is 0 Å². The zero-order valence-corrected chi connectivity index (χ0v) is 19.0. The molecule has 0 bridgehead atoms. The minimum Gasteiger partial charge on any atom is -0.462 e. The predicted molar refractivity (Wildman–Crippen MR) is 129 cm³/mol. The second-order valence-corrected chi connectivity index (χ2v) is 7.98. The second kappa shape index (κ2) is 9.88. The molecule has 3 heterocycles. The Balaban J connectivity index is 1.33. The number of anilines is 3. The van der Waals surface area contributed by atoms with Crippen LogP contribution in [0.3, 0.4) is 0 Å². The van der Waals surface area contributed by atoms with Crippen LogP contribution in [0.5, 0.6) is 0 Å². The smallest absolute Gasteiger partial charge is 0.341 e. The van der Waals surface area contributed by atoms with Crippen molar-refractivity contribution in [3.63, 3.8) is 0 Å². The third kappa shape index (κ3) is 4.84. The van der Waals surface area contributed by atoms with Crippen LogP contribution in [-0.2, 0) is 11.3 Å². The van der Waals surface area contributed by atoms with Gasteiger partial charge in [-0.05, 0) is 31.2 Å². The summed E-state index contributed by atoms with van der Waals surface area (Å²) in [5, 5.41) is 3.02. The molecule has 9 heteroatoms. The Morgan fingerprint density at radius 2 is 1.79 bits per heavy atom. The minimum absolute atomic E-state index is 0.289. The van der Waals surface area contributed by atoms with E-state index >= 15 is 0 Å². The number of carbonyl (C=O) groups is 1. The molecule has 0 aliphatic carbocycles. The molecule has 1 fully saturated rings. The Hall–Kier alpha value is -3.98. The maximum absolute atomic E-state index is 12.6. The van der Waals surface area contributed by atoms with Crippen molar-refractivity contribution < 1.29 is 13.9 Å². The van der Waals surface area contributed by atoms with E-state index in [9.17, 15) is 4.79 Å². The molecule has 4 aromatic rings. The van der Waals surface area contributed by atoms with Gasteiger partial charge in [0.1, 0.15) is 11.1 Å². The Morgan fingerprint density at radius 1 is 1.03 bits per heavy atom. The van der Waals surface area contributed by atoms with E-state index in [1.54, 1.807) is 6.92 Å². The van der Waals surface area contributed by atoms with Crippen molar-refractivity contribution in [2.75, 3.05) is 43.0 Å². The van der Waals surface area contributed by atoms with E-state index in [1.807, 2.05) is 30.3 Å². The molecule has 1 aliphatic rings. The van der Waals surface area contributed by atoms with Crippen molar-refractivity contribution in [1.82, 2.24) is 19.9 Å². The fourth-order valence-electron chi connectivity index (χ4n) is 4.01. The summed E-state index contributed by atoms with van der Waals surface area (Å²) < 4.78 is 11.0. The van der Waals surface area contributed by atoms with Gasteiger partial charge in [-0.2, -0.15) is 4.98 Å². The first-order valence-electron chi connectivity index (χ1n) is 11.4. The molecule has 5 rings (SSSR count). The maximum Gasteiger partial charge on any atom is 0.341 e. The fraction of sp³-hybridized carbons (Fsp3) is 0.280. The lowest BCUT2D eigenvalue weighted by Crippen LogP contribution is -2.46. The largest absolute Gasteiger partial charge is 0.462 e. The number of carbonyl (C=O) groups excluding carboxylic acids is 1. The van der Waals surface area contributed by atoms with Crippen LogP contribution in [0.15, 0.2) is 65.2 Å². The monoisotopic (exact) mass is 458 g/mol. The standard InChI is InChI=1S/C25H26N6O3/c1-2-33-23(32)19-16-26-24(29-25-28-20-10-6-7-11-22(20)34-25)27-21(19)17-30-12-14-31(15-13-30)18-8-4-3-5-9-18/h3-11,16H,2,12-15,17H2,1H3,(H,26,27,28,29). The van der Waals surface area contributed by atoms with Crippen molar-refractivity contribution in [3.05, 3.63) is 72.1 Å². The number of ether oxygens (including phenoxy) is 1. The number of benzene rings is 2. The normalized spacial score (nSPS) is 14.3. The molecule has 0 radical (unpaired) electrons. The number of piperazine rings is 1. The van der Waals surface area contributed by atoms with E-state index in [0.29, 0.717) is 35.3 Å². The van der Waals surface area contributed by atoms with Gasteiger partial charge in [-0.25, -0.2) is 14.8 Å². The number of hydrogen-bond donors (Lipinski definition) is 1. The van der Waals surface area contributed by atoms with Gasteiger partial charge in [0.05, 0.1) is 12.3 Å². The van der Waals surface area contributed by atoms with Gasteiger partial charge in [0.2, 0.25) is 5.95 Å². The summed E-state index contributed by atoms with van der Waals surface area (Å²) in [5.41, 5.74) is 3.62. The van der Waals surface area contributed by atoms with Crippen molar-refractivity contribution in [1.29, 1.82) is 0 Å². The summed E-state index contributed by atoms with van der Waals surface area (Å²) in [6.07, 6.45) is 1.51. The van der Waals surface area contributed by atoms with Crippen LogP contribution >= 0.6 is 0 Å². The molecular formula is C25H26N6O3. The lowest BCUT2D eigenvalue weighted by Gasteiger charge is -2.36. The number of nitrogens with one attached hydrogen (secondary N) is 1. The van der Waals surface area contributed by atoms with E-state index < -0.39 is 5.97 Å². The van der Waals surface area contributed by atoms with Crippen LogP contribution in [0.2, 0.25) is 0 Å². The van der Waals surface area contributed by atoms with E-state index in [-0.39, 0.29) is 6.61 Å². The highest BCUT2D eigenvalue weighted by Crippen LogP contribution is 2.22. The van der Waals surface area contributed by atoms with Gasteiger partial charge in [0.25, 0.3) is 0 Å². The Kier molecular flexibility index (Phi) is 6.35. The molecule has 0 unspecified atom stereocenters. The molecular weight excluding hydrogens is 432 g/mol. The molecule has 174 valence electrons. The van der Waals surface area contributed by atoms with Gasteiger partial charge in [0, 0.05) is 44.6 Å². The molecule has 0 amide bonds. The Morgan fingerprint density at radius 3 is 2.56 bits per heavy atom. The highest BCUT2D eigenvalue weighted by atomic mass is 16.5. The Labute approximate surface area is 197 Å². The molecule has 1 saturated heterocycles. The summed E-state index contributed by atoms with van der Waals surface area (Å²) in [6, 6.07) is 18.2. The third-order valence-corrected chi connectivity index (χ3v) is 5.74. The highest BCUT2D eigenvalue weighted by molar-refractivity contribution is 5.90. The van der Waals surface area contributed by atoms with Crippen LogP contribution in [0, 0.1) is 0 Å². The summed E-state index contributed by atoms with van der Waals surface area (Å²) in [6.45, 7) is 6.10. The van der Waals surface area contributed by atoms with Gasteiger partial charge < -0.3 is 14.1 Å². The highest BCUT2D eigenvalue weighted by Gasteiger charge is 2.22. The fourth-order valence-corrected chi connectivity index (χ4v) is 4.01. The number of fused-ring (bicyclic) bond motifs is 1. The molecule has 1 N–H and O–H groups in total. The number of aromatic nitrogens is 3. The first kappa shape index (κ1) is 21.8. The van der Waals surface area contributed by atoms with E-state index in [2.05, 4.69) is 54.3 Å². The number of oxazole rings is 1. The molecule has 2 aromatic heterocycles.